The highest BCUT2D eigenvalue weighted by Gasteiger charge is 2.20. The van der Waals surface area contributed by atoms with Gasteiger partial charge in [0.2, 0.25) is 0 Å². The lowest BCUT2D eigenvalue weighted by molar-refractivity contribution is 0.669. The molecule has 0 radical (unpaired) electrons. The zero-order valence-corrected chi connectivity index (χ0v) is 30.2. The summed E-state index contributed by atoms with van der Waals surface area (Å²) in [5.41, 5.74) is 14.7. The molecule has 4 nitrogen and oxygen atoms in total. The molecule has 0 unspecified atom stereocenters. The first-order chi connectivity index (χ1) is 27.7. The standard InChI is InChI=1S/C52H32N2O2/c1-3-12-33(13-4-1)34-22-28-38(29-23-34)52-53-45(36-14-5-2-6-15-36)32-46(54-52)37-26-24-35(25-27-37)39-30-31-41(49-44-17-8-10-21-48(44)56-51(39)49)43-19-11-18-42-40-16-7-9-20-47(40)55-50(42)43/h1-32H. The van der Waals surface area contributed by atoms with Crippen LogP contribution in [0.15, 0.2) is 203 Å². The first-order valence-corrected chi connectivity index (χ1v) is 18.8. The molecule has 0 atom stereocenters. The predicted molar refractivity (Wildman–Crippen MR) is 229 cm³/mol. The van der Waals surface area contributed by atoms with Crippen molar-refractivity contribution < 1.29 is 8.83 Å². The highest BCUT2D eigenvalue weighted by molar-refractivity contribution is 6.19. The molecule has 56 heavy (non-hydrogen) atoms. The molecule has 0 bridgehead atoms. The van der Waals surface area contributed by atoms with E-state index in [4.69, 9.17) is 18.8 Å². The highest BCUT2D eigenvalue weighted by Crippen LogP contribution is 2.45. The second-order valence-electron chi connectivity index (χ2n) is 14.1. The number of hydrogen-bond donors (Lipinski definition) is 0. The molecule has 0 aliphatic heterocycles. The lowest BCUT2D eigenvalue weighted by Crippen LogP contribution is -1.96. The summed E-state index contributed by atoms with van der Waals surface area (Å²) >= 11 is 0. The second-order valence-corrected chi connectivity index (χ2v) is 14.1. The van der Waals surface area contributed by atoms with Crippen LogP contribution in [-0.4, -0.2) is 9.97 Å². The van der Waals surface area contributed by atoms with Gasteiger partial charge in [0, 0.05) is 49.4 Å². The van der Waals surface area contributed by atoms with Crippen LogP contribution >= 0.6 is 0 Å². The minimum Gasteiger partial charge on any atom is -0.455 e. The molecule has 0 N–H and O–H groups in total. The van der Waals surface area contributed by atoms with E-state index in [2.05, 4.69) is 146 Å². The van der Waals surface area contributed by atoms with Gasteiger partial charge in [0.15, 0.2) is 5.82 Å². The number of benzene rings is 8. The number of furan rings is 2. The quantitative estimate of drug-likeness (QED) is 0.172. The molecule has 4 heteroatoms. The molecule has 0 spiro atoms. The van der Waals surface area contributed by atoms with Crippen LogP contribution in [0, 0.1) is 0 Å². The van der Waals surface area contributed by atoms with Crippen LogP contribution in [0.4, 0.5) is 0 Å². The molecule has 3 heterocycles. The number of nitrogens with zero attached hydrogens (tertiary/aromatic N) is 2. The van der Waals surface area contributed by atoms with Gasteiger partial charge in [0.05, 0.1) is 11.4 Å². The second kappa shape index (κ2) is 13.1. The Morgan fingerprint density at radius 1 is 0.304 bits per heavy atom. The number of hydrogen-bond acceptors (Lipinski definition) is 4. The van der Waals surface area contributed by atoms with Crippen LogP contribution in [-0.2, 0) is 0 Å². The van der Waals surface area contributed by atoms with E-state index in [-0.39, 0.29) is 0 Å². The number of rotatable bonds is 6. The van der Waals surface area contributed by atoms with Crippen molar-refractivity contribution in [2.75, 3.05) is 0 Å². The molecule has 11 aromatic rings. The fourth-order valence-electron chi connectivity index (χ4n) is 7.98. The van der Waals surface area contributed by atoms with E-state index in [0.29, 0.717) is 5.82 Å². The monoisotopic (exact) mass is 716 g/mol. The molecule has 0 saturated carbocycles. The Hall–Kier alpha value is -7.56. The Labute approximate surface area is 323 Å². The first kappa shape index (κ1) is 31.9. The summed E-state index contributed by atoms with van der Waals surface area (Å²) in [6.45, 7) is 0. The first-order valence-electron chi connectivity index (χ1n) is 18.8. The molecule has 0 aliphatic carbocycles. The van der Waals surface area contributed by atoms with Crippen molar-refractivity contribution in [2.24, 2.45) is 0 Å². The highest BCUT2D eigenvalue weighted by atomic mass is 16.3. The van der Waals surface area contributed by atoms with Crippen molar-refractivity contribution in [2.45, 2.75) is 0 Å². The third kappa shape index (κ3) is 5.39. The summed E-state index contributed by atoms with van der Waals surface area (Å²) < 4.78 is 13.2. The molecule has 0 aliphatic rings. The van der Waals surface area contributed by atoms with Crippen molar-refractivity contribution in [1.29, 1.82) is 0 Å². The van der Waals surface area contributed by atoms with Gasteiger partial charge in [-0.3, -0.25) is 0 Å². The van der Waals surface area contributed by atoms with Gasteiger partial charge >= 0.3 is 0 Å². The van der Waals surface area contributed by atoms with Gasteiger partial charge in [-0.25, -0.2) is 9.97 Å². The van der Waals surface area contributed by atoms with Crippen LogP contribution in [0.25, 0.3) is 111 Å². The van der Waals surface area contributed by atoms with Gasteiger partial charge in [0.1, 0.15) is 22.3 Å². The van der Waals surface area contributed by atoms with Crippen molar-refractivity contribution in [1.82, 2.24) is 9.97 Å². The maximum atomic E-state index is 6.70. The molecule has 262 valence electrons. The molecule has 0 saturated heterocycles. The SMILES string of the molecule is c1ccc(-c2ccc(-c3nc(-c4ccccc4)cc(-c4ccc(-c5ccc(-c6cccc7c6oc6ccccc67)c6c5oc5ccccc56)cc4)n3)cc2)cc1. The summed E-state index contributed by atoms with van der Waals surface area (Å²) in [5.74, 6) is 0.684. The van der Waals surface area contributed by atoms with E-state index in [1.54, 1.807) is 0 Å². The average Bonchev–Trinajstić information content (AvgIpc) is 3.86. The van der Waals surface area contributed by atoms with Gasteiger partial charge in [-0.1, -0.05) is 170 Å². The zero-order valence-electron chi connectivity index (χ0n) is 30.2. The molecule has 0 amide bonds. The summed E-state index contributed by atoms with van der Waals surface area (Å²) in [4.78, 5) is 10.2. The third-order valence-electron chi connectivity index (χ3n) is 10.8. The Kier molecular flexibility index (Phi) is 7.46. The summed E-state index contributed by atoms with van der Waals surface area (Å²) in [7, 11) is 0. The third-order valence-corrected chi connectivity index (χ3v) is 10.8. The smallest absolute Gasteiger partial charge is 0.160 e. The number of aromatic nitrogens is 2. The molecular weight excluding hydrogens is 685 g/mol. The maximum Gasteiger partial charge on any atom is 0.160 e. The van der Waals surface area contributed by atoms with Crippen molar-refractivity contribution in [3.8, 4) is 67.3 Å². The van der Waals surface area contributed by atoms with Gasteiger partial charge in [-0.15, -0.1) is 0 Å². The normalized spacial score (nSPS) is 11.6. The predicted octanol–water partition coefficient (Wildman–Crippen LogP) is 14.3. The van der Waals surface area contributed by atoms with Crippen molar-refractivity contribution in [3.63, 3.8) is 0 Å². The topological polar surface area (TPSA) is 52.1 Å². The van der Waals surface area contributed by atoms with Crippen molar-refractivity contribution in [3.05, 3.63) is 194 Å². The Morgan fingerprint density at radius 3 is 1.54 bits per heavy atom. The molecule has 3 aromatic heterocycles. The fraction of sp³-hybridized carbons (Fsp3) is 0. The van der Waals surface area contributed by atoms with Gasteiger partial charge in [-0.2, -0.15) is 0 Å². The van der Waals surface area contributed by atoms with Gasteiger partial charge < -0.3 is 8.83 Å². The Morgan fingerprint density at radius 2 is 0.804 bits per heavy atom. The average molecular weight is 717 g/mol. The van der Waals surface area contributed by atoms with Crippen LogP contribution in [0.5, 0.6) is 0 Å². The van der Waals surface area contributed by atoms with Crippen LogP contribution in [0.3, 0.4) is 0 Å². The molecule has 11 rings (SSSR count). The van der Waals surface area contributed by atoms with Crippen molar-refractivity contribution >= 4 is 43.9 Å². The zero-order chi connectivity index (χ0) is 37.0. The van der Waals surface area contributed by atoms with E-state index in [1.165, 1.54) is 5.56 Å². The van der Waals surface area contributed by atoms with E-state index in [1.807, 2.05) is 48.5 Å². The lowest BCUT2D eigenvalue weighted by atomic mass is 9.93. The largest absolute Gasteiger partial charge is 0.455 e. The molecule has 0 fully saturated rings. The van der Waals surface area contributed by atoms with E-state index in [9.17, 15) is 0 Å². The van der Waals surface area contributed by atoms with Crippen LogP contribution in [0.1, 0.15) is 0 Å². The summed E-state index contributed by atoms with van der Waals surface area (Å²) in [5, 5.41) is 4.36. The van der Waals surface area contributed by atoms with Gasteiger partial charge in [0.25, 0.3) is 0 Å². The van der Waals surface area contributed by atoms with Crippen LogP contribution < -0.4 is 0 Å². The lowest BCUT2D eigenvalue weighted by Gasteiger charge is -2.11. The van der Waals surface area contributed by atoms with Gasteiger partial charge in [-0.05, 0) is 46.5 Å². The fourth-order valence-corrected chi connectivity index (χ4v) is 7.98. The molecule has 8 aromatic carbocycles. The minimum atomic E-state index is 0.684. The van der Waals surface area contributed by atoms with Crippen LogP contribution in [0.2, 0.25) is 0 Å². The summed E-state index contributed by atoms with van der Waals surface area (Å²) in [6.07, 6.45) is 0. The maximum absolute atomic E-state index is 6.70. The number of para-hydroxylation sites is 3. The summed E-state index contributed by atoms with van der Waals surface area (Å²) in [6, 6.07) is 67.2. The minimum absolute atomic E-state index is 0.684. The van der Waals surface area contributed by atoms with E-state index >= 15 is 0 Å². The Bertz CT molecular complexity index is 3220. The molecular formula is C52H32N2O2. The van der Waals surface area contributed by atoms with E-state index in [0.717, 1.165) is 99.8 Å². The van der Waals surface area contributed by atoms with E-state index < -0.39 is 0 Å². The number of fused-ring (bicyclic) bond motifs is 6. The Balaban J connectivity index is 1.02.